The van der Waals surface area contributed by atoms with Gasteiger partial charge in [-0.05, 0) is 18.9 Å². The Morgan fingerprint density at radius 2 is 2.14 bits per heavy atom. The SMILES string of the molecule is CC1CCN(C(CC(=O)O)C(=O)O)C1. The summed E-state index contributed by atoms with van der Waals surface area (Å²) in [6.45, 7) is 3.41. The molecule has 0 aliphatic carbocycles. The van der Waals surface area contributed by atoms with Crippen molar-refractivity contribution in [3.63, 3.8) is 0 Å². The molecule has 5 heteroatoms. The van der Waals surface area contributed by atoms with Crippen molar-refractivity contribution in [2.24, 2.45) is 5.92 Å². The first-order valence-corrected chi connectivity index (χ1v) is 4.69. The van der Waals surface area contributed by atoms with Crippen LogP contribution in [0.5, 0.6) is 0 Å². The van der Waals surface area contributed by atoms with Gasteiger partial charge in [0.25, 0.3) is 0 Å². The fraction of sp³-hybridized carbons (Fsp3) is 0.778. The molecule has 0 radical (unpaired) electrons. The molecule has 0 bridgehead atoms. The largest absolute Gasteiger partial charge is 0.481 e. The van der Waals surface area contributed by atoms with Gasteiger partial charge in [0.15, 0.2) is 0 Å². The highest BCUT2D eigenvalue weighted by atomic mass is 16.4. The van der Waals surface area contributed by atoms with Crippen molar-refractivity contribution >= 4 is 11.9 Å². The van der Waals surface area contributed by atoms with Crippen LogP contribution in [-0.2, 0) is 9.59 Å². The second-order valence-corrected chi connectivity index (χ2v) is 3.84. The highest BCUT2D eigenvalue weighted by Crippen LogP contribution is 2.19. The molecule has 0 aromatic rings. The Morgan fingerprint density at radius 3 is 2.50 bits per heavy atom. The first kappa shape index (κ1) is 11.0. The standard InChI is InChI=1S/C9H15NO4/c1-6-2-3-10(5-6)7(9(13)14)4-8(11)12/h6-7H,2-5H2,1H3,(H,11,12)(H,13,14). The van der Waals surface area contributed by atoms with E-state index in [9.17, 15) is 9.59 Å². The predicted molar refractivity (Wildman–Crippen MR) is 49.0 cm³/mol. The predicted octanol–water partition coefficient (Wildman–Crippen LogP) is 0.256. The number of rotatable bonds is 4. The fourth-order valence-electron chi connectivity index (χ4n) is 1.79. The van der Waals surface area contributed by atoms with Gasteiger partial charge >= 0.3 is 11.9 Å². The van der Waals surface area contributed by atoms with E-state index in [0.717, 1.165) is 6.42 Å². The highest BCUT2D eigenvalue weighted by Gasteiger charge is 2.32. The molecule has 1 saturated heterocycles. The van der Waals surface area contributed by atoms with E-state index in [1.807, 2.05) is 6.92 Å². The third-order valence-corrected chi connectivity index (χ3v) is 2.55. The van der Waals surface area contributed by atoms with Gasteiger partial charge in [-0.1, -0.05) is 6.92 Å². The van der Waals surface area contributed by atoms with Crippen LogP contribution >= 0.6 is 0 Å². The quantitative estimate of drug-likeness (QED) is 0.682. The molecule has 14 heavy (non-hydrogen) atoms. The minimum Gasteiger partial charge on any atom is -0.481 e. The number of hydrogen-bond donors (Lipinski definition) is 2. The Hall–Kier alpha value is -1.10. The summed E-state index contributed by atoms with van der Waals surface area (Å²) in [5.74, 6) is -1.64. The summed E-state index contributed by atoms with van der Waals surface area (Å²) in [5.41, 5.74) is 0. The van der Waals surface area contributed by atoms with E-state index in [2.05, 4.69) is 0 Å². The molecule has 1 aliphatic rings. The van der Waals surface area contributed by atoms with Crippen molar-refractivity contribution in [3.8, 4) is 0 Å². The lowest BCUT2D eigenvalue weighted by Gasteiger charge is -2.22. The van der Waals surface area contributed by atoms with Crippen molar-refractivity contribution < 1.29 is 19.8 Å². The monoisotopic (exact) mass is 201 g/mol. The van der Waals surface area contributed by atoms with Crippen molar-refractivity contribution in [2.75, 3.05) is 13.1 Å². The Balaban J connectivity index is 2.58. The summed E-state index contributed by atoms with van der Waals surface area (Å²) >= 11 is 0. The van der Waals surface area contributed by atoms with Gasteiger partial charge in [-0.25, -0.2) is 0 Å². The Kier molecular flexibility index (Phi) is 3.46. The van der Waals surface area contributed by atoms with Crippen LogP contribution in [0.15, 0.2) is 0 Å². The van der Waals surface area contributed by atoms with E-state index in [0.29, 0.717) is 19.0 Å². The van der Waals surface area contributed by atoms with Crippen LogP contribution in [0, 0.1) is 5.92 Å². The van der Waals surface area contributed by atoms with Crippen LogP contribution in [0.1, 0.15) is 19.8 Å². The smallest absolute Gasteiger partial charge is 0.321 e. The van der Waals surface area contributed by atoms with Crippen molar-refractivity contribution in [1.82, 2.24) is 4.90 Å². The van der Waals surface area contributed by atoms with Crippen LogP contribution in [0.4, 0.5) is 0 Å². The van der Waals surface area contributed by atoms with Gasteiger partial charge in [-0.2, -0.15) is 0 Å². The molecule has 2 atom stereocenters. The van der Waals surface area contributed by atoms with Crippen LogP contribution in [0.25, 0.3) is 0 Å². The van der Waals surface area contributed by atoms with Crippen molar-refractivity contribution in [1.29, 1.82) is 0 Å². The van der Waals surface area contributed by atoms with Gasteiger partial charge in [0, 0.05) is 6.54 Å². The maximum atomic E-state index is 10.8. The molecular weight excluding hydrogens is 186 g/mol. The van der Waals surface area contributed by atoms with E-state index in [-0.39, 0.29) is 6.42 Å². The Bertz CT molecular complexity index is 241. The molecule has 0 aromatic heterocycles. The Morgan fingerprint density at radius 1 is 1.50 bits per heavy atom. The number of carboxylic acid groups (broad SMARTS) is 2. The van der Waals surface area contributed by atoms with Crippen LogP contribution in [0.3, 0.4) is 0 Å². The van der Waals surface area contributed by atoms with E-state index in [1.165, 1.54) is 0 Å². The molecule has 1 heterocycles. The Labute approximate surface area is 82.3 Å². The molecule has 0 saturated carbocycles. The lowest BCUT2D eigenvalue weighted by Crippen LogP contribution is -2.41. The van der Waals surface area contributed by atoms with E-state index in [1.54, 1.807) is 4.90 Å². The van der Waals surface area contributed by atoms with Crippen molar-refractivity contribution in [2.45, 2.75) is 25.8 Å². The molecule has 2 unspecified atom stereocenters. The highest BCUT2D eigenvalue weighted by molar-refractivity contribution is 5.80. The first-order valence-electron chi connectivity index (χ1n) is 4.69. The maximum absolute atomic E-state index is 10.8. The van der Waals surface area contributed by atoms with Crippen LogP contribution in [0.2, 0.25) is 0 Å². The van der Waals surface area contributed by atoms with Gasteiger partial charge in [0.2, 0.25) is 0 Å². The molecule has 0 spiro atoms. The normalized spacial score (nSPS) is 24.8. The third kappa shape index (κ3) is 2.70. The number of aliphatic carboxylic acids is 2. The average Bonchev–Trinajstić information content (AvgIpc) is 2.46. The second kappa shape index (κ2) is 4.41. The van der Waals surface area contributed by atoms with Gasteiger partial charge in [-0.3, -0.25) is 14.5 Å². The van der Waals surface area contributed by atoms with Crippen LogP contribution in [-0.4, -0.2) is 46.2 Å². The molecule has 1 rings (SSSR count). The molecule has 80 valence electrons. The van der Waals surface area contributed by atoms with Crippen LogP contribution < -0.4 is 0 Å². The van der Waals surface area contributed by atoms with Gasteiger partial charge < -0.3 is 10.2 Å². The maximum Gasteiger partial charge on any atom is 0.321 e. The zero-order valence-corrected chi connectivity index (χ0v) is 8.14. The number of carbonyl (C=O) groups is 2. The summed E-state index contributed by atoms with van der Waals surface area (Å²) in [7, 11) is 0. The number of hydrogen-bond acceptors (Lipinski definition) is 3. The van der Waals surface area contributed by atoms with Gasteiger partial charge in [0.05, 0.1) is 6.42 Å². The lowest BCUT2D eigenvalue weighted by molar-refractivity contribution is -0.149. The summed E-state index contributed by atoms with van der Waals surface area (Å²) in [4.78, 5) is 23.0. The molecule has 0 aromatic carbocycles. The summed E-state index contributed by atoms with van der Waals surface area (Å²) in [6, 6.07) is -0.863. The summed E-state index contributed by atoms with van der Waals surface area (Å²) in [5, 5.41) is 17.4. The fourth-order valence-corrected chi connectivity index (χ4v) is 1.79. The minimum atomic E-state index is -1.06. The number of nitrogens with zero attached hydrogens (tertiary/aromatic N) is 1. The molecule has 0 amide bonds. The number of carboxylic acids is 2. The summed E-state index contributed by atoms with van der Waals surface area (Å²) in [6.07, 6.45) is 0.630. The molecule has 1 aliphatic heterocycles. The third-order valence-electron chi connectivity index (χ3n) is 2.55. The molecular formula is C9H15NO4. The van der Waals surface area contributed by atoms with E-state index < -0.39 is 18.0 Å². The molecule has 2 N–H and O–H groups in total. The zero-order chi connectivity index (χ0) is 10.7. The summed E-state index contributed by atoms with van der Waals surface area (Å²) < 4.78 is 0. The first-order chi connectivity index (χ1) is 6.50. The minimum absolute atomic E-state index is 0.317. The van der Waals surface area contributed by atoms with Gasteiger partial charge in [0.1, 0.15) is 6.04 Å². The average molecular weight is 201 g/mol. The second-order valence-electron chi connectivity index (χ2n) is 3.84. The van der Waals surface area contributed by atoms with E-state index >= 15 is 0 Å². The lowest BCUT2D eigenvalue weighted by atomic mass is 10.1. The molecule has 1 fully saturated rings. The van der Waals surface area contributed by atoms with Crippen molar-refractivity contribution in [3.05, 3.63) is 0 Å². The van der Waals surface area contributed by atoms with Gasteiger partial charge in [-0.15, -0.1) is 0 Å². The van der Waals surface area contributed by atoms with E-state index in [4.69, 9.17) is 10.2 Å². The topological polar surface area (TPSA) is 77.8 Å². The number of likely N-dealkylation sites (tertiary alicyclic amines) is 1. The zero-order valence-electron chi connectivity index (χ0n) is 8.14. The molecule has 5 nitrogen and oxygen atoms in total.